The lowest BCUT2D eigenvalue weighted by Crippen LogP contribution is -2.46. The van der Waals surface area contributed by atoms with Gasteiger partial charge in [-0.15, -0.1) is 0 Å². The Morgan fingerprint density at radius 2 is 1.49 bits per heavy atom. The van der Waals surface area contributed by atoms with Gasteiger partial charge in [-0.3, -0.25) is 4.79 Å². The third-order valence-corrected chi connectivity index (χ3v) is 15.0. The standard InChI is InChI=1S/C40H55NO3Si/c1-39(2,3)33-24-22-28(23-25-35(29-16-10-9-11-17-29)44-45(7,8)40(4,5)6)26-34(33)41-38(42)27-32-30-18-12-14-20-36(30)43-37-21-15-13-19-31(32)37/h12-15,18-22,24,26,29,32,35H,9-11,16-17,23,25,27H2,1-8H3,(H,41,42). The van der Waals surface area contributed by atoms with Gasteiger partial charge in [0.1, 0.15) is 11.5 Å². The number of aryl methyl sites for hydroxylation is 1. The predicted molar refractivity (Wildman–Crippen MR) is 190 cm³/mol. The normalized spacial score (nSPS) is 16.8. The first-order valence-electron chi connectivity index (χ1n) is 17.2. The Kier molecular flexibility index (Phi) is 10.0. The van der Waals surface area contributed by atoms with Crippen LogP contribution in [0.4, 0.5) is 5.69 Å². The van der Waals surface area contributed by atoms with Gasteiger partial charge in [-0.25, -0.2) is 0 Å². The van der Waals surface area contributed by atoms with Crippen molar-refractivity contribution in [2.45, 2.75) is 128 Å². The average molecular weight is 626 g/mol. The van der Waals surface area contributed by atoms with Crippen LogP contribution < -0.4 is 10.1 Å². The van der Waals surface area contributed by atoms with Gasteiger partial charge in [0.15, 0.2) is 8.32 Å². The summed E-state index contributed by atoms with van der Waals surface area (Å²) in [7, 11) is -1.89. The van der Waals surface area contributed by atoms with Gasteiger partial charge in [-0.2, -0.15) is 0 Å². The highest BCUT2D eigenvalue weighted by molar-refractivity contribution is 6.74. The number of ether oxygens (including phenoxy) is 1. The molecule has 3 aromatic carbocycles. The van der Waals surface area contributed by atoms with Crippen molar-refractivity contribution < 1.29 is 14.0 Å². The highest BCUT2D eigenvalue weighted by Crippen LogP contribution is 2.46. The number of para-hydroxylation sites is 2. The number of fused-ring (bicyclic) bond motifs is 2. The summed E-state index contributed by atoms with van der Waals surface area (Å²) in [6, 6.07) is 22.9. The van der Waals surface area contributed by atoms with Gasteiger partial charge in [0.05, 0.1) is 0 Å². The van der Waals surface area contributed by atoms with Crippen LogP contribution in [0.2, 0.25) is 18.1 Å². The lowest BCUT2D eigenvalue weighted by molar-refractivity contribution is -0.116. The molecule has 1 saturated carbocycles. The van der Waals surface area contributed by atoms with E-state index in [-0.39, 0.29) is 22.3 Å². The Bertz CT molecular complexity index is 1430. The lowest BCUT2D eigenvalue weighted by Gasteiger charge is -2.42. The maximum absolute atomic E-state index is 13.8. The molecule has 3 aromatic rings. The monoisotopic (exact) mass is 625 g/mol. The molecular formula is C40H55NO3Si. The summed E-state index contributed by atoms with van der Waals surface area (Å²) in [5, 5.41) is 3.56. The van der Waals surface area contributed by atoms with Crippen molar-refractivity contribution in [1.29, 1.82) is 0 Å². The van der Waals surface area contributed by atoms with Crippen LogP contribution in [0.1, 0.15) is 115 Å². The molecule has 1 aliphatic heterocycles. The summed E-state index contributed by atoms with van der Waals surface area (Å²) >= 11 is 0. The molecule has 2 aliphatic rings. The van der Waals surface area contributed by atoms with Crippen molar-refractivity contribution in [2.75, 3.05) is 5.32 Å². The Morgan fingerprint density at radius 1 is 0.889 bits per heavy atom. The topological polar surface area (TPSA) is 47.6 Å². The largest absolute Gasteiger partial charge is 0.457 e. The van der Waals surface area contributed by atoms with Crippen LogP contribution in [0.5, 0.6) is 11.5 Å². The second kappa shape index (κ2) is 13.5. The molecule has 0 spiro atoms. The molecule has 1 atom stereocenters. The first kappa shape index (κ1) is 33.5. The maximum atomic E-state index is 13.8. The van der Waals surface area contributed by atoms with E-state index in [9.17, 15) is 4.79 Å². The van der Waals surface area contributed by atoms with Gasteiger partial charge in [-0.05, 0) is 84.5 Å². The highest BCUT2D eigenvalue weighted by Gasteiger charge is 2.41. The zero-order valence-electron chi connectivity index (χ0n) is 29.0. The second-order valence-corrected chi connectivity index (χ2v) is 20.7. The minimum absolute atomic E-state index is 0.0236. The second-order valence-electron chi connectivity index (χ2n) is 16.0. The Labute approximate surface area is 273 Å². The maximum Gasteiger partial charge on any atom is 0.225 e. The molecule has 4 nitrogen and oxygen atoms in total. The molecule has 45 heavy (non-hydrogen) atoms. The van der Waals surface area contributed by atoms with E-state index >= 15 is 0 Å². The van der Waals surface area contributed by atoms with Crippen LogP contribution in [0.15, 0.2) is 66.7 Å². The van der Waals surface area contributed by atoms with Crippen molar-refractivity contribution in [3.05, 3.63) is 89.0 Å². The zero-order valence-corrected chi connectivity index (χ0v) is 30.0. The van der Waals surface area contributed by atoms with Crippen molar-refractivity contribution >= 4 is 19.9 Å². The molecule has 1 amide bonds. The molecule has 1 unspecified atom stereocenters. The van der Waals surface area contributed by atoms with Crippen LogP contribution in [0.3, 0.4) is 0 Å². The summed E-state index contributed by atoms with van der Waals surface area (Å²) in [6.45, 7) is 18.5. The summed E-state index contributed by atoms with van der Waals surface area (Å²) in [5.74, 6) is 2.27. The quantitative estimate of drug-likeness (QED) is 0.241. The Hall–Kier alpha value is -2.89. The highest BCUT2D eigenvalue weighted by atomic mass is 28.4. The number of rotatable bonds is 9. The number of hydrogen-bond donors (Lipinski definition) is 1. The first-order chi connectivity index (χ1) is 21.2. The number of nitrogens with one attached hydrogen (secondary N) is 1. The molecule has 1 aliphatic carbocycles. The van der Waals surface area contributed by atoms with E-state index < -0.39 is 8.32 Å². The fourth-order valence-corrected chi connectivity index (χ4v) is 8.30. The van der Waals surface area contributed by atoms with Crippen molar-refractivity contribution in [1.82, 2.24) is 0 Å². The average Bonchev–Trinajstić information content (AvgIpc) is 2.98. The van der Waals surface area contributed by atoms with Gasteiger partial charge in [-0.1, -0.05) is 109 Å². The number of amides is 1. The van der Waals surface area contributed by atoms with Crippen LogP contribution in [-0.2, 0) is 21.1 Å². The number of hydrogen-bond acceptors (Lipinski definition) is 3. The summed E-state index contributed by atoms with van der Waals surface area (Å²) in [6.07, 6.45) is 9.17. The summed E-state index contributed by atoms with van der Waals surface area (Å²) in [4.78, 5) is 13.8. The molecule has 5 heteroatoms. The number of anilines is 1. The molecular weight excluding hydrogens is 571 g/mol. The molecule has 1 heterocycles. The molecule has 5 rings (SSSR count). The molecule has 0 bridgehead atoms. The van der Waals surface area contributed by atoms with E-state index in [1.165, 1.54) is 37.7 Å². The zero-order chi connectivity index (χ0) is 32.4. The number of carbonyl (C=O) groups is 1. The van der Waals surface area contributed by atoms with Gasteiger partial charge in [0.25, 0.3) is 0 Å². The van der Waals surface area contributed by atoms with Crippen molar-refractivity contribution in [3.8, 4) is 11.5 Å². The third-order valence-electron chi connectivity index (χ3n) is 10.5. The van der Waals surface area contributed by atoms with E-state index in [2.05, 4.69) is 90.3 Å². The first-order valence-corrected chi connectivity index (χ1v) is 20.1. The van der Waals surface area contributed by atoms with Gasteiger partial charge < -0.3 is 14.5 Å². The molecule has 1 fully saturated rings. The van der Waals surface area contributed by atoms with Gasteiger partial charge >= 0.3 is 0 Å². The number of benzene rings is 3. The predicted octanol–water partition coefficient (Wildman–Crippen LogP) is 11.2. The lowest BCUT2D eigenvalue weighted by atomic mass is 9.82. The molecule has 242 valence electrons. The minimum atomic E-state index is -1.89. The van der Waals surface area contributed by atoms with Crippen molar-refractivity contribution in [2.24, 2.45) is 5.92 Å². The van der Waals surface area contributed by atoms with E-state index in [0.717, 1.165) is 46.7 Å². The van der Waals surface area contributed by atoms with Crippen LogP contribution in [0, 0.1) is 5.92 Å². The van der Waals surface area contributed by atoms with Gasteiger partial charge in [0.2, 0.25) is 5.91 Å². The molecule has 0 saturated heterocycles. The van der Waals surface area contributed by atoms with E-state index in [0.29, 0.717) is 18.4 Å². The van der Waals surface area contributed by atoms with Gasteiger partial charge in [0, 0.05) is 35.3 Å². The Balaban J connectivity index is 1.36. The summed E-state index contributed by atoms with van der Waals surface area (Å²) < 4.78 is 13.3. The summed E-state index contributed by atoms with van der Waals surface area (Å²) in [5.41, 5.74) is 5.37. The van der Waals surface area contributed by atoms with E-state index in [4.69, 9.17) is 9.16 Å². The Morgan fingerprint density at radius 3 is 2.07 bits per heavy atom. The van der Waals surface area contributed by atoms with Crippen molar-refractivity contribution in [3.63, 3.8) is 0 Å². The fraction of sp³-hybridized carbons (Fsp3) is 0.525. The van der Waals surface area contributed by atoms with E-state index in [1.807, 2.05) is 36.4 Å². The third kappa shape index (κ3) is 7.92. The molecule has 0 radical (unpaired) electrons. The SMILES string of the molecule is CC(C)(C)c1ccc(CCC(O[Si](C)(C)C(C)(C)C)C2CCCCC2)cc1NC(=O)CC1c2ccccc2Oc2ccccc21. The minimum Gasteiger partial charge on any atom is -0.457 e. The van der Waals surface area contributed by atoms with Crippen LogP contribution in [0.25, 0.3) is 0 Å². The molecule has 1 N–H and O–H groups in total. The smallest absolute Gasteiger partial charge is 0.225 e. The number of carbonyl (C=O) groups excluding carboxylic acids is 1. The van der Waals surface area contributed by atoms with E-state index in [1.54, 1.807) is 0 Å². The fourth-order valence-electron chi connectivity index (χ4n) is 6.88. The molecule has 0 aromatic heterocycles. The van der Waals surface area contributed by atoms with Crippen LogP contribution >= 0.6 is 0 Å². The van der Waals surface area contributed by atoms with Crippen LogP contribution in [-0.4, -0.2) is 20.3 Å².